The minimum atomic E-state index is -0.306. The van der Waals surface area contributed by atoms with Crippen LogP contribution in [0.3, 0.4) is 0 Å². The molecule has 4 heterocycles. The van der Waals surface area contributed by atoms with E-state index in [1.807, 2.05) is 30.5 Å². The molecule has 0 atom stereocenters. The van der Waals surface area contributed by atoms with Crippen molar-refractivity contribution in [3.8, 4) is 0 Å². The molecule has 4 rings (SSSR count). The Kier molecular flexibility index (Phi) is 4.31. The molecule has 4 aromatic rings. The zero-order chi connectivity index (χ0) is 19.0. The Bertz CT molecular complexity index is 1160. The predicted molar refractivity (Wildman–Crippen MR) is 99.6 cm³/mol. The molecular weight excluding hydrogens is 348 g/mol. The number of nitrogens with one attached hydrogen (secondary N) is 1. The molecule has 0 aliphatic carbocycles. The summed E-state index contributed by atoms with van der Waals surface area (Å²) in [7, 11) is 0. The van der Waals surface area contributed by atoms with Crippen LogP contribution in [0.4, 0.5) is 0 Å². The van der Waals surface area contributed by atoms with E-state index in [-0.39, 0.29) is 18.0 Å². The third-order valence-electron chi connectivity index (χ3n) is 4.54. The molecule has 0 saturated carbocycles. The van der Waals surface area contributed by atoms with Crippen LogP contribution in [0.2, 0.25) is 0 Å². The number of amides is 1. The lowest BCUT2D eigenvalue weighted by molar-refractivity contribution is -0.121. The van der Waals surface area contributed by atoms with Crippen LogP contribution in [0.1, 0.15) is 18.4 Å². The maximum Gasteiger partial charge on any atom is 0.291 e. The Hall–Kier alpha value is -3.29. The fraction of sp³-hybridized carbons (Fsp3) is 0.316. The molecule has 4 aromatic heterocycles. The summed E-state index contributed by atoms with van der Waals surface area (Å²) in [5, 5.41) is 7.61. The standard InChI is InChI=1S/C19H20N4O4/c1-3-22-15-9-12(2)27-18(15)14-10-21-23(19(25)17(14)22)11-16(24)20-7-6-13-5-4-8-26-13/h4-5,8-10H,3,6-7,11H2,1-2H3,(H,20,24). The molecule has 1 N–H and O–H groups in total. The summed E-state index contributed by atoms with van der Waals surface area (Å²) in [6.45, 7) is 4.75. The number of hydrogen-bond acceptors (Lipinski definition) is 5. The summed E-state index contributed by atoms with van der Waals surface area (Å²) in [6, 6.07) is 5.56. The third kappa shape index (κ3) is 3.03. The van der Waals surface area contributed by atoms with Gasteiger partial charge in [-0.15, -0.1) is 0 Å². The highest BCUT2D eigenvalue weighted by molar-refractivity contribution is 6.04. The second-order valence-corrected chi connectivity index (χ2v) is 6.36. The quantitative estimate of drug-likeness (QED) is 0.563. The zero-order valence-corrected chi connectivity index (χ0v) is 15.2. The topological polar surface area (TPSA) is 95.2 Å². The van der Waals surface area contributed by atoms with Crippen molar-refractivity contribution < 1.29 is 13.6 Å². The number of aryl methyl sites for hydroxylation is 2. The van der Waals surface area contributed by atoms with E-state index in [2.05, 4.69) is 10.4 Å². The predicted octanol–water partition coefficient (Wildman–Crippen LogP) is 2.22. The highest BCUT2D eigenvalue weighted by Crippen LogP contribution is 2.29. The van der Waals surface area contributed by atoms with Crippen LogP contribution in [0, 0.1) is 6.92 Å². The van der Waals surface area contributed by atoms with E-state index in [1.54, 1.807) is 18.5 Å². The van der Waals surface area contributed by atoms with Gasteiger partial charge in [-0.25, -0.2) is 4.68 Å². The van der Waals surface area contributed by atoms with E-state index in [4.69, 9.17) is 8.83 Å². The van der Waals surface area contributed by atoms with Gasteiger partial charge < -0.3 is 18.7 Å². The molecule has 140 valence electrons. The molecule has 0 aliphatic rings. The highest BCUT2D eigenvalue weighted by atomic mass is 16.3. The fourth-order valence-electron chi connectivity index (χ4n) is 3.33. The van der Waals surface area contributed by atoms with Gasteiger partial charge in [-0.1, -0.05) is 0 Å². The maximum atomic E-state index is 12.9. The van der Waals surface area contributed by atoms with Crippen molar-refractivity contribution in [3.05, 3.63) is 52.5 Å². The van der Waals surface area contributed by atoms with E-state index in [0.717, 1.165) is 17.0 Å². The Labute approximate surface area is 154 Å². The van der Waals surface area contributed by atoms with Gasteiger partial charge in [0, 0.05) is 25.6 Å². The van der Waals surface area contributed by atoms with Crippen molar-refractivity contribution in [1.82, 2.24) is 19.7 Å². The Morgan fingerprint density at radius 1 is 1.37 bits per heavy atom. The monoisotopic (exact) mass is 368 g/mol. The van der Waals surface area contributed by atoms with Crippen molar-refractivity contribution in [1.29, 1.82) is 0 Å². The van der Waals surface area contributed by atoms with E-state index in [1.165, 1.54) is 4.68 Å². The summed E-state index contributed by atoms with van der Waals surface area (Å²) in [5.74, 6) is 1.31. The molecule has 0 aromatic carbocycles. The second-order valence-electron chi connectivity index (χ2n) is 6.36. The van der Waals surface area contributed by atoms with Gasteiger partial charge in [0.25, 0.3) is 5.56 Å². The van der Waals surface area contributed by atoms with Crippen molar-refractivity contribution in [2.45, 2.75) is 33.4 Å². The van der Waals surface area contributed by atoms with Crippen LogP contribution in [-0.2, 0) is 24.3 Å². The molecule has 0 radical (unpaired) electrons. The lowest BCUT2D eigenvalue weighted by Gasteiger charge is -2.07. The number of nitrogens with zero attached hydrogens (tertiary/aromatic N) is 3. The number of carbonyl (C=O) groups is 1. The number of aromatic nitrogens is 3. The SMILES string of the molecule is CCn1c2cc(C)oc2c2cnn(CC(=O)NCCc3ccco3)c(=O)c21. The molecule has 8 heteroatoms. The number of rotatable bonds is 6. The van der Waals surface area contributed by atoms with Crippen LogP contribution in [-0.4, -0.2) is 26.8 Å². The first-order valence-corrected chi connectivity index (χ1v) is 8.86. The van der Waals surface area contributed by atoms with Gasteiger partial charge in [0.2, 0.25) is 5.91 Å². The molecule has 0 aliphatic heterocycles. The molecule has 27 heavy (non-hydrogen) atoms. The molecule has 8 nitrogen and oxygen atoms in total. The van der Waals surface area contributed by atoms with Crippen LogP contribution in [0.25, 0.3) is 22.0 Å². The van der Waals surface area contributed by atoms with Crippen molar-refractivity contribution in [2.75, 3.05) is 6.54 Å². The van der Waals surface area contributed by atoms with Gasteiger partial charge in [-0.2, -0.15) is 5.10 Å². The van der Waals surface area contributed by atoms with Gasteiger partial charge in [0.15, 0.2) is 5.58 Å². The van der Waals surface area contributed by atoms with Gasteiger partial charge in [-0.05, 0) is 26.0 Å². The lowest BCUT2D eigenvalue weighted by atomic mass is 10.3. The molecule has 0 saturated heterocycles. The number of hydrogen-bond donors (Lipinski definition) is 1. The maximum absolute atomic E-state index is 12.9. The average Bonchev–Trinajstić information content (AvgIpc) is 3.33. The van der Waals surface area contributed by atoms with Crippen LogP contribution < -0.4 is 10.9 Å². The third-order valence-corrected chi connectivity index (χ3v) is 4.54. The molecular formula is C19H20N4O4. The van der Waals surface area contributed by atoms with E-state index >= 15 is 0 Å². The minimum Gasteiger partial charge on any atom is -0.469 e. The van der Waals surface area contributed by atoms with Gasteiger partial charge in [0.1, 0.15) is 23.6 Å². The van der Waals surface area contributed by atoms with E-state index in [0.29, 0.717) is 36.0 Å². The fourth-order valence-corrected chi connectivity index (χ4v) is 3.33. The molecule has 0 unspecified atom stereocenters. The minimum absolute atomic E-state index is 0.137. The van der Waals surface area contributed by atoms with Gasteiger partial charge in [-0.3, -0.25) is 9.59 Å². The Morgan fingerprint density at radius 3 is 2.96 bits per heavy atom. The summed E-state index contributed by atoms with van der Waals surface area (Å²) < 4.78 is 14.0. The molecule has 1 amide bonds. The molecule has 0 bridgehead atoms. The number of fused-ring (bicyclic) bond motifs is 3. The van der Waals surface area contributed by atoms with Crippen LogP contribution in [0.5, 0.6) is 0 Å². The van der Waals surface area contributed by atoms with Crippen LogP contribution >= 0.6 is 0 Å². The number of carbonyl (C=O) groups excluding carboxylic acids is 1. The largest absolute Gasteiger partial charge is 0.469 e. The normalized spacial score (nSPS) is 11.5. The first kappa shape index (κ1) is 17.1. The first-order chi connectivity index (χ1) is 13.1. The summed E-state index contributed by atoms with van der Waals surface area (Å²) in [6.07, 6.45) is 3.77. The van der Waals surface area contributed by atoms with Crippen molar-refractivity contribution in [2.24, 2.45) is 0 Å². The Balaban J connectivity index is 1.58. The first-order valence-electron chi connectivity index (χ1n) is 8.86. The Morgan fingerprint density at radius 2 is 2.22 bits per heavy atom. The van der Waals surface area contributed by atoms with E-state index in [9.17, 15) is 9.59 Å². The van der Waals surface area contributed by atoms with Crippen molar-refractivity contribution in [3.63, 3.8) is 0 Å². The number of furan rings is 2. The molecule has 0 fully saturated rings. The van der Waals surface area contributed by atoms with Crippen LogP contribution in [0.15, 0.2) is 44.3 Å². The van der Waals surface area contributed by atoms with E-state index < -0.39 is 0 Å². The smallest absolute Gasteiger partial charge is 0.291 e. The molecule has 0 spiro atoms. The van der Waals surface area contributed by atoms with Crippen molar-refractivity contribution >= 4 is 27.9 Å². The van der Waals surface area contributed by atoms with Gasteiger partial charge in [0.05, 0.1) is 23.4 Å². The average molecular weight is 368 g/mol. The second kappa shape index (κ2) is 6.79. The zero-order valence-electron chi connectivity index (χ0n) is 15.2. The highest BCUT2D eigenvalue weighted by Gasteiger charge is 2.19. The van der Waals surface area contributed by atoms with Gasteiger partial charge >= 0.3 is 0 Å². The summed E-state index contributed by atoms with van der Waals surface area (Å²) in [5.41, 5.74) is 1.72. The summed E-state index contributed by atoms with van der Waals surface area (Å²) >= 11 is 0. The summed E-state index contributed by atoms with van der Waals surface area (Å²) in [4.78, 5) is 25.1. The lowest BCUT2D eigenvalue weighted by Crippen LogP contribution is -2.34.